The molecule has 3 nitrogen and oxygen atoms in total. The summed E-state index contributed by atoms with van der Waals surface area (Å²) >= 11 is 0. The average molecular weight is 526 g/mol. The summed E-state index contributed by atoms with van der Waals surface area (Å²) in [6.07, 6.45) is 0. The SMILES string of the molecule is c1ccc(N(c2ccc3cc4c(cc3c2)oc2ccccc24)c2ccc3c(c2)oc2c4ccccc4ccc32)cc1. The maximum Gasteiger partial charge on any atom is 0.143 e. The Morgan fingerprint density at radius 2 is 1.02 bits per heavy atom. The third-order valence-electron chi connectivity index (χ3n) is 8.20. The van der Waals surface area contributed by atoms with E-state index in [1.165, 1.54) is 10.8 Å². The molecular weight excluding hydrogens is 502 g/mol. The Balaban J connectivity index is 1.24. The molecule has 7 aromatic carbocycles. The van der Waals surface area contributed by atoms with Crippen LogP contribution in [0.2, 0.25) is 0 Å². The number of fused-ring (bicyclic) bond motifs is 9. The van der Waals surface area contributed by atoms with E-state index in [0.717, 1.165) is 71.7 Å². The van der Waals surface area contributed by atoms with Crippen molar-refractivity contribution in [2.75, 3.05) is 4.90 Å². The maximum absolute atomic E-state index is 6.54. The van der Waals surface area contributed by atoms with Crippen LogP contribution in [0.25, 0.3) is 65.4 Å². The van der Waals surface area contributed by atoms with Gasteiger partial charge in [-0.3, -0.25) is 0 Å². The van der Waals surface area contributed by atoms with Gasteiger partial charge in [0.15, 0.2) is 0 Å². The molecule has 0 saturated heterocycles. The van der Waals surface area contributed by atoms with Gasteiger partial charge in [-0.1, -0.05) is 72.8 Å². The molecule has 0 unspecified atom stereocenters. The van der Waals surface area contributed by atoms with E-state index >= 15 is 0 Å². The highest BCUT2D eigenvalue weighted by molar-refractivity contribution is 6.15. The van der Waals surface area contributed by atoms with Gasteiger partial charge in [-0.25, -0.2) is 0 Å². The minimum Gasteiger partial charge on any atom is -0.456 e. The van der Waals surface area contributed by atoms with Crippen molar-refractivity contribution in [2.45, 2.75) is 0 Å². The van der Waals surface area contributed by atoms with Gasteiger partial charge >= 0.3 is 0 Å². The lowest BCUT2D eigenvalue weighted by Crippen LogP contribution is -2.09. The Morgan fingerprint density at radius 1 is 0.341 bits per heavy atom. The quantitative estimate of drug-likeness (QED) is 0.230. The summed E-state index contributed by atoms with van der Waals surface area (Å²) in [6.45, 7) is 0. The van der Waals surface area contributed by atoms with Crippen LogP contribution in [0.1, 0.15) is 0 Å². The number of para-hydroxylation sites is 2. The lowest BCUT2D eigenvalue weighted by Gasteiger charge is -2.25. The summed E-state index contributed by atoms with van der Waals surface area (Å²) in [4.78, 5) is 2.28. The molecule has 41 heavy (non-hydrogen) atoms. The second-order valence-electron chi connectivity index (χ2n) is 10.6. The van der Waals surface area contributed by atoms with Crippen LogP contribution in [-0.4, -0.2) is 0 Å². The normalized spacial score (nSPS) is 11.9. The number of anilines is 3. The van der Waals surface area contributed by atoms with Crippen molar-refractivity contribution in [2.24, 2.45) is 0 Å². The molecule has 0 fully saturated rings. The zero-order chi connectivity index (χ0) is 26.9. The Labute approximate surface area is 235 Å². The van der Waals surface area contributed by atoms with Crippen LogP contribution in [0.5, 0.6) is 0 Å². The van der Waals surface area contributed by atoms with E-state index in [1.54, 1.807) is 0 Å². The summed E-state index contributed by atoms with van der Waals surface area (Å²) in [5.41, 5.74) is 6.81. The summed E-state index contributed by atoms with van der Waals surface area (Å²) in [7, 11) is 0. The van der Waals surface area contributed by atoms with Crippen molar-refractivity contribution in [3.05, 3.63) is 140 Å². The zero-order valence-corrected chi connectivity index (χ0v) is 22.0. The van der Waals surface area contributed by atoms with E-state index in [1.807, 2.05) is 18.2 Å². The first-order valence-electron chi connectivity index (χ1n) is 13.8. The lowest BCUT2D eigenvalue weighted by molar-refractivity contribution is 0.669. The molecule has 0 radical (unpaired) electrons. The van der Waals surface area contributed by atoms with E-state index in [4.69, 9.17) is 8.83 Å². The molecule has 192 valence electrons. The van der Waals surface area contributed by atoms with Crippen LogP contribution in [0, 0.1) is 0 Å². The topological polar surface area (TPSA) is 29.5 Å². The predicted molar refractivity (Wildman–Crippen MR) is 171 cm³/mol. The van der Waals surface area contributed by atoms with E-state index in [9.17, 15) is 0 Å². The number of nitrogens with zero attached hydrogens (tertiary/aromatic N) is 1. The first-order valence-corrected chi connectivity index (χ1v) is 13.8. The van der Waals surface area contributed by atoms with Crippen LogP contribution in [0.4, 0.5) is 17.1 Å². The highest BCUT2D eigenvalue weighted by Crippen LogP contribution is 2.41. The lowest BCUT2D eigenvalue weighted by atomic mass is 10.0. The Bertz CT molecular complexity index is 2430. The number of hydrogen-bond acceptors (Lipinski definition) is 3. The predicted octanol–water partition coefficient (Wildman–Crippen LogP) is 11.3. The van der Waals surface area contributed by atoms with Crippen LogP contribution in [-0.2, 0) is 0 Å². The smallest absolute Gasteiger partial charge is 0.143 e. The van der Waals surface area contributed by atoms with Crippen LogP contribution in [0.3, 0.4) is 0 Å². The van der Waals surface area contributed by atoms with Gasteiger partial charge in [-0.2, -0.15) is 0 Å². The van der Waals surface area contributed by atoms with E-state index < -0.39 is 0 Å². The van der Waals surface area contributed by atoms with Crippen molar-refractivity contribution in [3.63, 3.8) is 0 Å². The standard InChI is InChI=1S/C38H23NO2/c1-2-9-27(10-3-1)39(28-16-14-25-21-34-31-12-6-7-13-35(31)40-36(34)22-26(25)20-28)29-17-19-32-33-18-15-24-8-4-5-11-30(24)38(33)41-37(32)23-29/h1-23H. The van der Waals surface area contributed by atoms with Crippen molar-refractivity contribution < 1.29 is 8.83 Å². The summed E-state index contributed by atoms with van der Waals surface area (Å²) in [5, 5.41) is 9.17. The first kappa shape index (κ1) is 22.3. The van der Waals surface area contributed by atoms with E-state index in [2.05, 4.69) is 126 Å². The zero-order valence-electron chi connectivity index (χ0n) is 22.0. The molecule has 0 spiro atoms. The third kappa shape index (κ3) is 3.39. The van der Waals surface area contributed by atoms with Crippen molar-refractivity contribution >= 4 is 82.5 Å². The first-order chi connectivity index (χ1) is 20.3. The van der Waals surface area contributed by atoms with Gasteiger partial charge in [0, 0.05) is 50.1 Å². The molecule has 0 aliphatic heterocycles. The molecule has 0 saturated carbocycles. The number of benzene rings is 7. The second-order valence-corrected chi connectivity index (χ2v) is 10.6. The minimum atomic E-state index is 0.875. The molecule has 9 aromatic rings. The van der Waals surface area contributed by atoms with Gasteiger partial charge in [-0.15, -0.1) is 0 Å². The largest absolute Gasteiger partial charge is 0.456 e. The molecule has 0 aliphatic rings. The van der Waals surface area contributed by atoms with Gasteiger partial charge in [0.25, 0.3) is 0 Å². The van der Waals surface area contributed by atoms with Gasteiger partial charge in [-0.05, 0) is 76.8 Å². The molecule has 2 aromatic heterocycles. The summed E-state index contributed by atoms with van der Waals surface area (Å²) in [6, 6.07) is 49.0. The van der Waals surface area contributed by atoms with Crippen molar-refractivity contribution in [1.29, 1.82) is 0 Å². The highest BCUT2D eigenvalue weighted by atomic mass is 16.3. The van der Waals surface area contributed by atoms with Crippen LogP contribution >= 0.6 is 0 Å². The second kappa shape index (κ2) is 8.48. The third-order valence-corrected chi connectivity index (χ3v) is 8.20. The van der Waals surface area contributed by atoms with Crippen molar-refractivity contribution in [3.8, 4) is 0 Å². The Kier molecular flexibility index (Phi) is 4.61. The fourth-order valence-corrected chi connectivity index (χ4v) is 6.25. The molecule has 0 amide bonds. The highest BCUT2D eigenvalue weighted by Gasteiger charge is 2.17. The molecule has 0 bridgehead atoms. The molecule has 3 heteroatoms. The minimum absolute atomic E-state index is 0.875. The van der Waals surface area contributed by atoms with Gasteiger partial charge < -0.3 is 13.7 Å². The fourth-order valence-electron chi connectivity index (χ4n) is 6.25. The molecular formula is C38H23NO2. The van der Waals surface area contributed by atoms with Crippen LogP contribution in [0.15, 0.2) is 148 Å². The summed E-state index contributed by atoms with van der Waals surface area (Å²) in [5.74, 6) is 0. The molecule has 9 rings (SSSR count). The Morgan fingerprint density at radius 3 is 1.95 bits per heavy atom. The van der Waals surface area contributed by atoms with E-state index in [0.29, 0.717) is 0 Å². The van der Waals surface area contributed by atoms with Gasteiger partial charge in [0.2, 0.25) is 0 Å². The number of rotatable bonds is 3. The summed E-state index contributed by atoms with van der Waals surface area (Å²) < 4.78 is 12.7. The van der Waals surface area contributed by atoms with Gasteiger partial charge in [0.05, 0.1) is 0 Å². The maximum atomic E-state index is 6.54. The Hall–Kier alpha value is -5.54. The average Bonchev–Trinajstić information content (AvgIpc) is 3.58. The number of furan rings is 2. The monoisotopic (exact) mass is 525 g/mol. The molecule has 0 aliphatic carbocycles. The molecule has 2 heterocycles. The number of hydrogen-bond donors (Lipinski definition) is 0. The molecule has 0 N–H and O–H groups in total. The van der Waals surface area contributed by atoms with E-state index in [-0.39, 0.29) is 0 Å². The fraction of sp³-hybridized carbons (Fsp3) is 0. The van der Waals surface area contributed by atoms with Gasteiger partial charge in [0.1, 0.15) is 22.3 Å². The molecule has 0 atom stereocenters. The van der Waals surface area contributed by atoms with Crippen LogP contribution < -0.4 is 4.90 Å². The van der Waals surface area contributed by atoms with Crippen molar-refractivity contribution in [1.82, 2.24) is 0 Å².